The molecule has 4 atom stereocenters. The standard InChI is InChI=1S/C24H25ClN2O2/c25-17-9-6-15(7-10-17)23-20-5-1-4-19(20)21-13-16(8-11-22(21)27-23)24(28)26-14-18-3-2-12-29-18/h1,4,6-11,13,18-20,23,27H,2-3,5,12,14H2,(H,26,28). The Hall–Kier alpha value is -2.30. The van der Waals surface area contributed by atoms with E-state index in [2.05, 4.69) is 41.0 Å². The van der Waals surface area contributed by atoms with Gasteiger partial charge in [0, 0.05) is 35.3 Å². The second-order valence-corrected chi connectivity index (χ2v) is 8.61. The van der Waals surface area contributed by atoms with Crippen LogP contribution in [0, 0.1) is 5.92 Å². The van der Waals surface area contributed by atoms with E-state index in [9.17, 15) is 4.79 Å². The number of fused-ring (bicyclic) bond motifs is 3. The first kappa shape index (κ1) is 18.7. The van der Waals surface area contributed by atoms with Crippen molar-refractivity contribution in [2.75, 3.05) is 18.5 Å². The number of allylic oxidation sites excluding steroid dienone is 2. The third-order valence-electron chi connectivity index (χ3n) is 6.37. The molecule has 1 saturated heterocycles. The van der Waals surface area contributed by atoms with Crippen molar-refractivity contribution >= 4 is 23.2 Å². The minimum atomic E-state index is -0.0262. The summed E-state index contributed by atoms with van der Waals surface area (Å²) in [5, 5.41) is 7.50. The molecule has 3 aliphatic rings. The molecule has 2 aliphatic heterocycles. The average molecular weight is 409 g/mol. The number of benzene rings is 2. The van der Waals surface area contributed by atoms with Gasteiger partial charge in [-0.15, -0.1) is 0 Å². The van der Waals surface area contributed by atoms with Crippen LogP contribution in [0.1, 0.15) is 52.7 Å². The Morgan fingerprint density at radius 2 is 2.07 bits per heavy atom. The van der Waals surface area contributed by atoms with Crippen molar-refractivity contribution in [3.8, 4) is 0 Å². The van der Waals surface area contributed by atoms with Crippen molar-refractivity contribution in [1.29, 1.82) is 0 Å². The smallest absolute Gasteiger partial charge is 0.251 e. The van der Waals surface area contributed by atoms with Crippen molar-refractivity contribution in [1.82, 2.24) is 5.32 Å². The number of nitrogens with one attached hydrogen (secondary N) is 2. The summed E-state index contributed by atoms with van der Waals surface area (Å²) in [6, 6.07) is 14.4. The van der Waals surface area contributed by atoms with Gasteiger partial charge in [-0.05, 0) is 66.6 Å². The van der Waals surface area contributed by atoms with Gasteiger partial charge < -0.3 is 15.4 Å². The fourth-order valence-corrected chi connectivity index (χ4v) is 4.98. The third kappa shape index (κ3) is 3.67. The Bertz CT molecular complexity index is 934. The van der Waals surface area contributed by atoms with Gasteiger partial charge in [-0.3, -0.25) is 4.79 Å². The molecule has 5 rings (SSSR count). The molecule has 2 aromatic carbocycles. The lowest BCUT2D eigenvalue weighted by molar-refractivity contribution is 0.0857. The molecule has 0 aromatic heterocycles. The summed E-state index contributed by atoms with van der Waals surface area (Å²) in [6.45, 7) is 1.38. The molecule has 0 bridgehead atoms. The van der Waals surface area contributed by atoms with Crippen LogP contribution in [0.3, 0.4) is 0 Å². The zero-order valence-electron chi connectivity index (χ0n) is 16.2. The number of rotatable bonds is 4. The van der Waals surface area contributed by atoms with E-state index in [0.29, 0.717) is 23.9 Å². The Morgan fingerprint density at radius 3 is 2.86 bits per heavy atom. The van der Waals surface area contributed by atoms with E-state index in [1.54, 1.807) is 0 Å². The minimum absolute atomic E-state index is 0.0262. The minimum Gasteiger partial charge on any atom is -0.378 e. The second kappa shape index (κ2) is 7.85. The van der Waals surface area contributed by atoms with E-state index >= 15 is 0 Å². The van der Waals surface area contributed by atoms with Crippen LogP contribution in [0.4, 0.5) is 5.69 Å². The van der Waals surface area contributed by atoms with Gasteiger partial charge in [0.05, 0.1) is 12.1 Å². The first-order chi connectivity index (χ1) is 14.2. The van der Waals surface area contributed by atoms with E-state index in [1.807, 2.05) is 24.3 Å². The molecule has 1 amide bonds. The van der Waals surface area contributed by atoms with Crippen LogP contribution in [0.25, 0.3) is 0 Å². The molecule has 2 N–H and O–H groups in total. The molecular weight excluding hydrogens is 384 g/mol. The number of carbonyl (C=O) groups excluding carboxylic acids is 1. The molecule has 150 valence electrons. The van der Waals surface area contributed by atoms with Crippen molar-refractivity contribution in [2.45, 2.75) is 37.3 Å². The molecular formula is C24H25ClN2O2. The van der Waals surface area contributed by atoms with Crippen LogP contribution < -0.4 is 10.6 Å². The maximum Gasteiger partial charge on any atom is 0.251 e. The molecule has 2 aromatic rings. The lowest BCUT2D eigenvalue weighted by atomic mass is 9.76. The predicted molar refractivity (Wildman–Crippen MR) is 116 cm³/mol. The van der Waals surface area contributed by atoms with Crippen LogP contribution in [-0.2, 0) is 4.74 Å². The van der Waals surface area contributed by atoms with Gasteiger partial charge in [0.15, 0.2) is 0 Å². The highest BCUT2D eigenvalue weighted by atomic mass is 35.5. The van der Waals surface area contributed by atoms with E-state index in [-0.39, 0.29) is 18.1 Å². The monoisotopic (exact) mass is 408 g/mol. The van der Waals surface area contributed by atoms with Crippen LogP contribution in [0.2, 0.25) is 5.02 Å². The number of halogens is 1. The van der Waals surface area contributed by atoms with Crippen molar-refractivity contribution in [2.24, 2.45) is 5.92 Å². The quantitative estimate of drug-likeness (QED) is 0.694. The van der Waals surface area contributed by atoms with Gasteiger partial charge >= 0.3 is 0 Å². The summed E-state index contributed by atoms with van der Waals surface area (Å²) >= 11 is 6.08. The average Bonchev–Trinajstić information content (AvgIpc) is 3.44. The molecule has 0 saturated carbocycles. The summed E-state index contributed by atoms with van der Waals surface area (Å²) in [6.07, 6.45) is 7.84. The Morgan fingerprint density at radius 1 is 1.21 bits per heavy atom. The molecule has 5 heteroatoms. The fourth-order valence-electron chi connectivity index (χ4n) is 4.85. The fraction of sp³-hybridized carbons (Fsp3) is 0.375. The normalized spacial score (nSPS) is 27.2. The predicted octanol–water partition coefficient (Wildman–Crippen LogP) is 5.08. The maximum absolute atomic E-state index is 12.7. The van der Waals surface area contributed by atoms with Gasteiger partial charge in [0.2, 0.25) is 0 Å². The van der Waals surface area contributed by atoms with E-state index in [0.717, 1.165) is 36.6 Å². The lowest BCUT2D eigenvalue weighted by Gasteiger charge is -2.37. The zero-order chi connectivity index (χ0) is 19.8. The van der Waals surface area contributed by atoms with Crippen LogP contribution >= 0.6 is 11.6 Å². The summed E-state index contributed by atoms with van der Waals surface area (Å²) in [5.74, 6) is 0.730. The number of hydrogen-bond acceptors (Lipinski definition) is 3. The van der Waals surface area contributed by atoms with Crippen molar-refractivity contribution < 1.29 is 9.53 Å². The van der Waals surface area contributed by atoms with Crippen LogP contribution in [-0.4, -0.2) is 25.2 Å². The van der Waals surface area contributed by atoms with Gasteiger partial charge in [-0.25, -0.2) is 0 Å². The number of anilines is 1. The first-order valence-corrected chi connectivity index (χ1v) is 10.8. The van der Waals surface area contributed by atoms with Crippen molar-refractivity contribution in [3.63, 3.8) is 0 Å². The molecule has 1 fully saturated rings. The van der Waals surface area contributed by atoms with Gasteiger partial charge in [0.25, 0.3) is 5.91 Å². The number of hydrogen-bond donors (Lipinski definition) is 2. The topological polar surface area (TPSA) is 50.4 Å². The highest BCUT2D eigenvalue weighted by Gasteiger charge is 2.38. The number of ether oxygens (including phenoxy) is 1. The molecule has 1 aliphatic carbocycles. The van der Waals surface area contributed by atoms with Crippen LogP contribution in [0.15, 0.2) is 54.6 Å². The van der Waals surface area contributed by atoms with Gasteiger partial charge in [0.1, 0.15) is 0 Å². The Labute approximate surface area is 176 Å². The zero-order valence-corrected chi connectivity index (χ0v) is 17.0. The second-order valence-electron chi connectivity index (χ2n) is 8.17. The molecule has 4 nitrogen and oxygen atoms in total. The molecule has 0 spiro atoms. The van der Waals surface area contributed by atoms with E-state index in [1.165, 1.54) is 11.1 Å². The largest absolute Gasteiger partial charge is 0.378 e. The Balaban J connectivity index is 1.38. The van der Waals surface area contributed by atoms with Crippen LogP contribution in [0.5, 0.6) is 0 Å². The Kier molecular flexibility index (Phi) is 5.06. The number of carbonyl (C=O) groups is 1. The van der Waals surface area contributed by atoms with Crippen molar-refractivity contribution in [3.05, 3.63) is 76.3 Å². The van der Waals surface area contributed by atoms with E-state index < -0.39 is 0 Å². The molecule has 29 heavy (non-hydrogen) atoms. The first-order valence-electron chi connectivity index (χ1n) is 10.4. The van der Waals surface area contributed by atoms with E-state index in [4.69, 9.17) is 16.3 Å². The number of amides is 1. The van der Waals surface area contributed by atoms with Gasteiger partial charge in [-0.1, -0.05) is 35.9 Å². The van der Waals surface area contributed by atoms with Gasteiger partial charge in [-0.2, -0.15) is 0 Å². The lowest BCUT2D eigenvalue weighted by Crippen LogP contribution is -2.32. The SMILES string of the molecule is O=C(NCC1CCCO1)c1ccc2c(c1)C1C=CCC1C(c1ccc(Cl)cc1)N2. The highest BCUT2D eigenvalue weighted by molar-refractivity contribution is 6.30. The summed E-state index contributed by atoms with van der Waals surface area (Å²) in [5.41, 5.74) is 4.27. The highest BCUT2D eigenvalue weighted by Crippen LogP contribution is 2.50. The summed E-state index contributed by atoms with van der Waals surface area (Å²) in [7, 11) is 0. The third-order valence-corrected chi connectivity index (χ3v) is 6.62. The maximum atomic E-state index is 12.7. The molecule has 0 radical (unpaired) electrons. The summed E-state index contributed by atoms with van der Waals surface area (Å²) in [4.78, 5) is 12.7. The molecule has 2 heterocycles. The molecule has 4 unspecified atom stereocenters. The summed E-state index contributed by atoms with van der Waals surface area (Å²) < 4.78 is 5.61.